The monoisotopic (exact) mass is 351 g/mol. The largest absolute Gasteiger partial charge is 0.390 e. The first-order valence-electron chi connectivity index (χ1n) is 9.74. The normalized spacial score (nSPS) is 29.7. The lowest BCUT2D eigenvalue weighted by Gasteiger charge is -2.27. The minimum absolute atomic E-state index is 0.433. The summed E-state index contributed by atoms with van der Waals surface area (Å²) in [4.78, 5) is 2.38. The van der Waals surface area contributed by atoms with Crippen LogP contribution in [0.2, 0.25) is 0 Å². The van der Waals surface area contributed by atoms with E-state index >= 15 is 0 Å². The summed E-state index contributed by atoms with van der Waals surface area (Å²) in [6.07, 6.45) is 2.08. The van der Waals surface area contributed by atoms with Crippen LogP contribution in [0.15, 0.2) is 54.6 Å². The van der Waals surface area contributed by atoms with Gasteiger partial charge in [0.1, 0.15) is 0 Å². The maximum atomic E-state index is 11.1. The first kappa shape index (κ1) is 17.7. The summed E-state index contributed by atoms with van der Waals surface area (Å²) in [5.74, 6) is 1.10. The molecule has 0 bridgehead atoms. The van der Waals surface area contributed by atoms with Gasteiger partial charge >= 0.3 is 0 Å². The van der Waals surface area contributed by atoms with Gasteiger partial charge in [-0.1, -0.05) is 60.2 Å². The Balaban J connectivity index is 1.33. The molecule has 1 heterocycles. The van der Waals surface area contributed by atoms with Gasteiger partial charge in [0, 0.05) is 26.1 Å². The number of aliphatic hydroxyl groups is 2. The molecule has 26 heavy (non-hydrogen) atoms. The zero-order valence-corrected chi connectivity index (χ0v) is 15.5. The lowest BCUT2D eigenvalue weighted by Crippen LogP contribution is -2.33. The standard InChI is InChI=1S/C23H29NO2/c1-17-6-5-9-19(10-17)22(25)16-24-14-20-12-23(26,13-21(20)15-24)11-18-7-3-2-4-8-18/h2-10,20-22,25-26H,11-16H2,1H3/t20-,21+,22?,23-. The third-order valence-electron chi connectivity index (χ3n) is 6.17. The molecule has 2 aliphatic rings. The highest BCUT2D eigenvalue weighted by Gasteiger charge is 2.48. The van der Waals surface area contributed by atoms with Crippen molar-refractivity contribution in [2.45, 2.75) is 37.9 Å². The molecule has 4 rings (SSSR count). The van der Waals surface area contributed by atoms with Gasteiger partial charge in [0.2, 0.25) is 0 Å². The zero-order valence-electron chi connectivity index (χ0n) is 15.5. The van der Waals surface area contributed by atoms with Gasteiger partial charge in [-0.3, -0.25) is 4.90 Å². The van der Waals surface area contributed by atoms with E-state index < -0.39 is 11.7 Å². The molecule has 3 nitrogen and oxygen atoms in total. The Kier molecular flexibility index (Phi) is 4.87. The minimum atomic E-state index is -0.558. The van der Waals surface area contributed by atoms with E-state index in [1.807, 2.05) is 30.3 Å². The van der Waals surface area contributed by atoms with Crippen molar-refractivity contribution in [1.29, 1.82) is 0 Å². The summed E-state index contributed by atoms with van der Waals surface area (Å²) in [5, 5.41) is 21.6. The van der Waals surface area contributed by atoms with Crippen LogP contribution in [0.5, 0.6) is 0 Å². The molecule has 1 saturated heterocycles. The van der Waals surface area contributed by atoms with E-state index in [1.54, 1.807) is 0 Å². The van der Waals surface area contributed by atoms with E-state index in [9.17, 15) is 10.2 Å². The van der Waals surface area contributed by atoms with Crippen LogP contribution in [0.4, 0.5) is 0 Å². The van der Waals surface area contributed by atoms with Crippen molar-refractivity contribution in [3.8, 4) is 0 Å². The third kappa shape index (κ3) is 3.85. The number of fused-ring (bicyclic) bond motifs is 1. The average Bonchev–Trinajstić information content (AvgIpc) is 3.09. The number of β-amino-alcohol motifs (C(OH)–C–C–N with tert-alkyl or cyclic N) is 1. The highest BCUT2D eigenvalue weighted by Crippen LogP contribution is 2.45. The molecule has 0 spiro atoms. The van der Waals surface area contributed by atoms with Gasteiger partial charge in [-0.15, -0.1) is 0 Å². The molecule has 1 saturated carbocycles. The number of hydrogen-bond donors (Lipinski definition) is 2. The van der Waals surface area contributed by atoms with Crippen LogP contribution in [-0.4, -0.2) is 40.3 Å². The Hall–Kier alpha value is -1.68. The fourth-order valence-electron chi connectivity index (χ4n) is 5.05. The maximum Gasteiger partial charge on any atom is 0.0917 e. The molecule has 4 atom stereocenters. The molecule has 2 fully saturated rings. The number of likely N-dealkylation sites (tertiary alicyclic amines) is 1. The molecule has 1 aliphatic heterocycles. The number of aryl methyl sites for hydroxylation is 1. The highest BCUT2D eigenvalue weighted by molar-refractivity contribution is 5.24. The molecule has 1 aliphatic carbocycles. The fraction of sp³-hybridized carbons (Fsp3) is 0.478. The molecule has 138 valence electrons. The second-order valence-corrected chi connectivity index (χ2v) is 8.46. The SMILES string of the molecule is Cc1cccc(C(O)CN2C[C@@H]3C[C@@](O)(Cc4ccccc4)C[C@@H]3C2)c1. The van der Waals surface area contributed by atoms with Crippen molar-refractivity contribution in [3.05, 3.63) is 71.3 Å². The summed E-state index contributed by atoms with van der Waals surface area (Å²) < 4.78 is 0. The molecule has 0 radical (unpaired) electrons. The number of aliphatic hydroxyl groups excluding tert-OH is 1. The summed E-state index contributed by atoms with van der Waals surface area (Å²) in [6, 6.07) is 18.5. The molecule has 0 aromatic heterocycles. The molecule has 1 unspecified atom stereocenters. The maximum absolute atomic E-state index is 11.1. The van der Waals surface area contributed by atoms with E-state index in [0.29, 0.717) is 18.4 Å². The Labute approximate surface area is 156 Å². The van der Waals surface area contributed by atoms with Gasteiger partial charge in [-0.25, -0.2) is 0 Å². The van der Waals surface area contributed by atoms with E-state index in [-0.39, 0.29) is 0 Å². The van der Waals surface area contributed by atoms with Gasteiger partial charge < -0.3 is 10.2 Å². The summed E-state index contributed by atoms with van der Waals surface area (Å²) in [7, 11) is 0. The predicted octanol–water partition coefficient (Wildman–Crippen LogP) is 3.34. The highest BCUT2D eigenvalue weighted by atomic mass is 16.3. The summed E-state index contributed by atoms with van der Waals surface area (Å²) >= 11 is 0. The van der Waals surface area contributed by atoms with Crippen molar-refractivity contribution >= 4 is 0 Å². The fourth-order valence-corrected chi connectivity index (χ4v) is 5.05. The van der Waals surface area contributed by atoms with Gasteiger partial charge in [0.25, 0.3) is 0 Å². The second kappa shape index (κ2) is 7.15. The van der Waals surface area contributed by atoms with Gasteiger partial charge in [0.15, 0.2) is 0 Å². The Morgan fingerprint density at radius 2 is 1.73 bits per heavy atom. The molecule has 0 amide bonds. The first-order valence-corrected chi connectivity index (χ1v) is 9.74. The van der Waals surface area contributed by atoms with Crippen molar-refractivity contribution in [2.75, 3.05) is 19.6 Å². The molecular formula is C23H29NO2. The quantitative estimate of drug-likeness (QED) is 0.868. The van der Waals surface area contributed by atoms with Crippen LogP contribution in [0.3, 0.4) is 0 Å². The van der Waals surface area contributed by atoms with Gasteiger partial charge in [-0.05, 0) is 42.7 Å². The van der Waals surface area contributed by atoms with Crippen LogP contribution in [0, 0.1) is 18.8 Å². The Morgan fingerprint density at radius 3 is 2.38 bits per heavy atom. The first-order chi connectivity index (χ1) is 12.5. The summed E-state index contributed by atoms with van der Waals surface area (Å²) in [6.45, 7) is 4.73. The van der Waals surface area contributed by atoms with Gasteiger partial charge in [0.05, 0.1) is 11.7 Å². The van der Waals surface area contributed by atoms with Crippen LogP contribution in [0.25, 0.3) is 0 Å². The van der Waals surface area contributed by atoms with E-state index in [4.69, 9.17) is 0 Å². The van der Waals surface area contributed by atoms with Crippen LogP contribution < -0.4 is 0 Å². The van der Waals surface area contributed by atoms with Crippen LogP contribution in [0.1, 0.15) is 35.6 Å². The topological polar surface area (TPSA) is 43.7 Å². The zero-order chi connectivity index (χ0) is 18.1. The van der Waals surface area contributed by atoms with Crippen LogP contribution in [-0.2, 0) is 6.42 Å². The average molecular weight is 351 g/mol. The van der Waals surface area contributed by atoms with Crippen LogP contribution >= 0.6 is 0 Å². The lowest BCUT2D eigenvalue weighted by molar-refractivity contribution is 0.0328. The number of hydrogen-bond acceptors (Lipinski definition) is 3. The van der Waals surface area contributed by atoms with E-state index in [2.05, 4.69) is 36.1 Å². The van der Waals surface area contributed by atoms with E-state index in [0.717, 1.165) is 37.9 Å². The Morgan fingerprint density at radius 1 is 1.04 bits per heavy atom. The van der Waals surface area contributed by atoms with Crippen molar-refractivity contribution < 1.29 is 10.2 Å². The minimum Gasteiger partial charge on any atom is -0.390 e. The molecule has 2 aromatic carbocycles. The summed E-state index contributed by atoms with van der Waals surface area (Å²) in [5.41, 5.74) is 2.85. The smallest absolute Gasteiger partial charge is 0.0917 e. The number of rotatable bonds is 5. The molecule has 3 heteroatoms. The second-order valence-electron chi connectivity index (χ2n) is 8.46. The lowest BCUT2D eigenvalue weighted by atomic mass is 9.91. The van der Waals surface area contributed by atoms with Crippen molar-refractivity contribution in [3.63, 3.8) is 0 Å². The van der Waals surface area contributed by atoms with Gasteiger partial charge in [-0.2, -0.15) is 0 Å². The Bertz CT molecular complexity index is 731. The molecule has 2 N–H and O–H groups in total. The van der Waals surface area contributed by atoms with Crippen molar-refractivity contribution in [2.24, 2.45) is 11.8 Å². The van der Waals surface area contributed by atoms with Crippen molar-refractivity contribution in [1.82, 2.24) is 4.90 Å². The number of benzene rings is 2. The van der Waals surface area contributed by atoms with E-state index in [1.165, 1.54) is 11.1 Å². The third-order valence-corrected chi connectivity index (χ3v) is 6.17. The molecular weight excluding hydrogens is 322 g/mol. The molecule has 2 aromatic rings. The predicted molar refractivity (Wildman–Crippen MR) is 104 cm³/mol. The number of nitrogens with zero attached hydrogens (tertiary/aromatic N) is 1.